The lowest BCUT2D eigenvalue weighted by atomic mass is 9.95. The van der Waals surface area contributed by atoms with Crippen LogP contribution in [0.1, 0.15) is 43.0 Å². The Kier molecular flexibility index (Phi) is 14.1. The monoisotopic (exact) mass is 827 g/mol. The normalized spacial score (nSPS) is 13.8. The first-order valence-corrected chi connectivity index (χ1v) is 21.1. The number of aromatic nitrogens is 2. The first-order chi connectivity index (χ1) is 29.7. The predicted octanol–water partition coefficient (Wildman–Crippen LogP) is 7.79. The minimum atomic E-state index is -0.135. The highest BCUT2D eigenvalue weighted by atomic mass is 16.5. The molecule has 0 bridgehead atoms. The summed E-state index contributed by atoms with van der Waals surface area (Å²) < 4.78 is 18.5. The Morgan fingerprint density at radius 2 is 1.69 bits per heavy atom. The summed E-state index contributed by atoms with van der Waals surface area (Å²) in [6.07, 6.45) is 4.75. The average molecular weight is 828 g/mol. The van der Waals surface area contributed by atoms with E-state index in [4.69, 9.17) is 19.2 Å². The molecule has 2 amide bonds. The lowest BCUT2D eigenvalue weighted by Gasteiger charge is -2.33. The Hall–Kier alpha value is -6.54. The minimum absolute atomic E-state index is 0.0494. The van der Waals surface area contributed by atoms with Gasteiger partial charge in [0.1, 0.15) is 22.9 Å². The molecule has 0 spiro atoms. The molecule has 320 valence electrons. The molecule has 7 rings (SSSR count). The van der Waals surface area contributed by atoms with Crippen molar-refractivity contribution in [1.29, 1.82) is 0 Å². The minimum Gasteiger partial charge on any atom is -0.493 e. The SMILES string of the molecule is CCOc1cc(N2CCC(C(=O)NCCCOc3ccc(-c4ccc(NC)cc4)c(OCCCN(C)C)c3)CC2)ccc1Nc1ncc2c(n1)Nc1ccccc1C(=O)N2C. The second-order valence-corrected chi connectivity index (χ2v) is 15.4. The number of amides is 2. The molecule has 2 aliphatic heterocycles. The van der Waals surface area contributed by atoms with Gasteiger partial charge in [-0.15, -0.1) is 0 Å². The molecule has 1 fully saturated rings. The molecule has 0 radical (unpaired) electrons. The number of carbonyl (C=O) groups excluding carboxylic acids is 2. The molecule has 1 saturated heterocycles. The third-order valence-electron chi connectivity index (χ3n) is 10.9. The number of carbonyl (C=O) groups is 2. The molecule has 1 aromatic heterocycles. The van der Waals surface area contributed by atoms with Crippen LogP contribution in [0.25, 0.3) is 11.1 Å². The summed E-state index contributed by atoms with van der Waals surface area (Å²) in [5.41, 5.74) is 6.73. The second kappa shape index (κ2) is 20.1. The van der Waals surface area contributed by atoms with Gasteiger partial charge in [-0.3, -0.25) is 9.59 Å². The van der Waals surface area contributed by atoms with E-state index in [1.807, 2.05) is 62.5 Å². The van der Waals surface area contributed by atoms with Gasteiger partial charge in [-0.05, 0) is 101 Å². The van der Waals surface area contributed by atoms with Crippen molar-refractivity contribution < 1.29 is 23.8 Å². The summed E-state index contributed by atoms with van der Waals surface area (Å²) in [7, 11) is 7.75. The lowest BCUT2D eigenvalue weighted by molar-refractivity contribution is -0.125. The van der Waals surface area contributed by atoms with E-state index < -0.39 is 0 Å². The topological polar surface area (TPSA) is 145 Å². The zero-order valence-corrected chi connectivity index (χ0v) is 35.8. The number of hydrogen-bond acceptors (Lipinski definition) is 12. The number of nitrogens with one attached hydrogen (secondary N) is 4. The van der Waals surface area contributed by atoms with Crippen LogP contribution in [-0.2, 0) is 4.79 Å². The van der Waals surface area contributed by atoms with Crippen LogP contribution < -0.4 is 45.3 Å². The van der Waals surface area contributed by atoms with Crippen molar-refractivity contribution in [2.75, 3.05) is 99.9 Å². The third kappa shape index (κ3) is 10.6. The van der Waals surface area contributed by atoms with Gasteiger partial charge in [0.2, 0.25) is 11.9 Å². The van der Waals surface area contributed by atoms with Crippen LogP contribution in [0.2, 0.25) is 0 Å². The molecule has 61 heavy (non-hydrogen) atoms. The summed E-state index contributed by atoms with van der Waals surface area (Å²) in [6, 6.07) is 27.7. The highest BCUT2D eigenvalue weighted by molar-refractivity contribution is 6.12. The molecule has 5 aromatic rings. The van der Waals surface area contributed by atoms with Gasteiger partial charge in [-0.25, -0.2) is 4.98 Å². The molecule has 2 aliphatic rings. The van der Waals surface area contributed by atoms with E-state index in [1.165, 1.54) is 0 Å². The standard InChI is InChI=1S/C47H57N9O5/c1-6-59-43-29-35(17-20-40(43)52-47-50-31-41-44(53-47)51-39-12-8-7-11-38(39)46(58)55(41)5)56-25-21-33(22-26-56)45(57)49-23-9-27-60-36-18-19-37(32-13-15-34(48-2)16-14-32)42(30-36)61-28-10-24-54(3)4/h7-8,11-20,29-31,33,48H,6,9-10,21-28H2,1-5H3,(H,49,57)(H2,50,51,52,53). The van der Waals surface area contributed by atoms with Crippen LogP contribution in [0.15, 0.2) is 91.1 Å². The van der Waals surface area contributed by atoms with Crippen LogP contribution in [0, 0.1) is 5.92 Å². The Labute approximate surface area is 358 Å². The molecule has 0 saturated carbocycles. The highest BCUT2D eigenvalue weighted by Crippen LogP contribution is 2.37. The largest absolute Gasteiger partial charge is 0.493 e. The van der Waals surface area contributed by atoms with Crippen molar-refractivity contribution in [3.8, 4) is 28.4 Å². The number of benzene rings is 4. The average Bonchev–Trinajstić information content (AvgIpc) is 3.38. The molecule has 14 nitrogen and oxygen atoms in total. The number of hydrogen-bond donors (Lipinski definition) is 4. The molecule has 3 heterocycles. The molecule has 4 aromatic carbocycles. The van der Waals surface area contributed by atoms with Crippen LogP contribution in [0.5, 0.6) is 17.2 Å². The Morgan fingerprint density at radius 1 is 0.902 bits per heavy atom. The fourth-order valence-electron chi connectivity index (χ4n) is 7.52. The van der Waals surface area contributed by atoms with Gasteiger partial charge in [0, 0.05) is 75.3 Å². The molecular formula is C47H57N9O5. The fourth-order valence-corrected chi connectivity index (χ4v) is 7.52. The van der Waals surface area contributed by atoms with E-state index in [0.29, 0.717) is 67.2 Å². The van der Waals surface area contributed by atoms with Crippen LogP contribution >= 0.6 is 0 Å². The zero-order valence-electron chi connectivity index (χ0n) is 35.8. The van der Waals surface area contributed by atoms with Gasteiger partial charge >= 0.3 is 0 Å². The first-order valence-electron chi connectivity index (χ1n) is 21.1. The summed E-state index contributed by atoms with van der Waals surface area (Å²) in [5, 5.41) is 12.9. The van der Waals surface area contributed by atoms with Crippen LogP contribution in [-0.4, -0.2) is 101 Å². The predicted molar refractivity (Wildman–Crippen MR) is 244 cm³/mol. The molecule has 4 N–H and O–H groups in total. The van der Waals surface area contributed by atoms with E-state index >= 15 is 0 Å². The number of fused-ring (bicyclic) bond motifs is 2. The van der Waals surface area contributed by atoms with Crippen molar-refractivity contribution in [1.82, 2.24) is 20.2 Å². The van der Waals surface area contributed by atoms with Crippen molar-refractivity contribution >= 4 is 52.0 Å². The highest BCUT2D eigenvalue weighted by Gasteiger charge is 2.27. The molecule has 0 unspecified atom stereocenters. The van der Waals surface area contributed by atoms with Crippen molar-refractivity contribution in [2.45, 2.75) is 32.6 Å². The van der Waals surface area contributed by atoms with E-state index in [-0.39, 0.29) is 17.7 Å². The molecular weight excluding hydrogens is 771 g/mol. The third-order valence-corrected chi connectivity index (χ3v) is 10.9. The molecule has 0 aliphatic carbocycles. The Balaban J connectivity index is 0.888. The number of piperidine rings is 1. The summed E-state index contributed by atoms with van der Waals surface area (Å²) in [6.45, 7) is 6.51. The number of rotatable bonds is 18. The van der Waals surface area contributed by atoms with E-state index in [1.54, 1.807) is 24.2 Å². The number of ether oxygens (including phenoxy) is 3. The van der Waals surface area contributed by atoms with E-state index in [9.17, 15) is 9.59 Å². The maximum atomic E-state index is 13.2. The van der Waals surface area contributed by atoms with Crippen molar-refractivity contribution in [3.05, 3.63) is 96.7 Å². The quantitative estimate of drug-likeness (QED) is 0.0640. The van der Waals surface area contributed by atoms with Gasteiger partial charge in [0.15, 0.2) is 5.82 Å². The van der Waals surface area contributed by atoms with Crippen LogP contribution in [0.3, 0.4) is 0 Å². The van der Waals surface area contributed by atoms with Gasteiger partial charge in [-0.1, -0.05) is 24.3 Å². The molecule has 14 heteroatoms. The van der Waals surface area contributed by atoms with Crippen molar-refractivity contribution in [3.63, 3.8) is 0 Å². The number of anilines is 7. The first kappa shape index (κ1) is 42.6. The maximum Gasteiger partial charge on any atom is 0.260 e. The van der Waals surface area contributed by atoms with Crippen LogP contribution in [0.4, 0.5) is 40.2 Å². The summed E-state index contributed by atoms with van der Waals surface area (Å²) in [4.78, 5) is 41.5. The van der Waals surface area contributed by atoms with Crippen molar-refractivity contribution in [2.24, 2.45) is 5.92 Å². The zero-order chi connectivity index (χ0) is 42.7. The maximum absolute atomic E-state index is 13.2. The number of nitrogens with zero attached hydrogens (tertiary/aromatic N) is 5. The lowest BCUT2D eigenvalue weighted by Crippen LogP contribution is -2.41. The Morgan fingerprint density at radius 3 is 2.46 bits per heavy atom. The van der Waals surface area contributed by atoms with Gasteiger partial charge < -0.3 is 50.2 Å². The molecule has 0 atom stereocenters. The number of para-hydroxylation sites is 1. The summed E-state index contributed by atoms with van der Waals surface area (Å²) >= 11 is 0. The van der Waals surface area contributed by atoms with Gasteiger partial charge in [0.05, 0.1) is 43.0 Å². The van der Waals surface area contributed by atoms with Gasteiger partial charge in [-0.2, -0.15) is 4.98 Å². The van der Waals surface area contributed by atoms with E-state index in [2.05, 4.69) is 80.5 Å². The Bertz CT molecular complexity index is 2280. The fraction of sp³-hybridized carbons (Fsp3) is 0.362. The van der Waals surface area contributed by atoms with Gasteiger partial charge in [0.25, 0.3) is 5.91 Å². The smallest absolute Gasteiger partial charge is 0.260 e. The summed E-state index contributed by atoms with van der Waals surface area (Å²) in [5.74, 6) is 3.00. The second-order valence-electron chi connectivity index (χ2n) is 15.4. The van der Waals surface area contributed by atoms with E-state index in [0.717, 1.165) is 78.6 Å².